The third-order valence-corrected chi connectivity index (χ3v) is 23.3. The monoisotopic (exact) mass is 1820 g/mol. The lowest BCUT2D eigenvalue weighted by Crippen LogP contribution is -2.66. The molecule has 3 saturated heterocycles. The second-order valence-electron chi connectivity index (χ2n) is 31.3. The number of fused-ring (bicyclic) bond motifs is 11. The molecular formula is C83H83Cl2N9O34. The van der Waals surface area contributed by atoms with Gasteiger partial charge in [-0.1, -0.05) is 60.5 Å². The van der Waals surface area contributed by atoms with Crippen molar-refractivity contribution in [3.05, 3.63) is 175 Å². The van der Waals surface area contributed by atoms with Gasteiger partial charge in [-0.25, -0.2) is 9.59 Å². The number of aromatic hydroxyl groups is 3. The molecule has 1 aliphatic carbocycles. The summed E-state index contributed by atoms with van der Waals surface area (Å²) in [7, 11) is 0. The van der Waals surface area contributed by atoms with Gasteiger partial charge in [0.25, 0.3) is 0 Å². The Bertz CT molecular complexity index is 5640. The van der Waals surface area contributed by atoms with E-state index in [-0.39, 0.29) is 40.5 Å². The van der Waals surface area contributed by atoms with Gasteiger partial charge in [-0.05, 0) is 135 Å². The number of hydrogen-bond donors (Lipinski definition) is 24. The highest BCUT2D eigenvalue weighted by Gasteiger charge is 2.56. The number of phenolic OH excluding ortho intramolecular Hbond substituents is 3. The summed E-state index contributed by atoms with van der Waals surface area (Å²) in [5, 5.41) is 190. The van der Waals surface area contributed by atoms with E-state index in [0.29, 0.717) is 0 Å². The van der Waals surface area contributed by atoms with Gasteiger partial charge in [0.1, 0.15) is 138 Å². The molecule has 0 saturated carbocycles. The number of hydrogen-bond acceptors (Lipinski definition) is 33. The van der Waals surface area contributed by atoms with E-state index < -0.39 is 326 Å². The first-order valence-corrected chi connectivity index (χ1v) is 40.3. The van der Waals surface area contributed by atoms with Gasteiger partial charge >= 0.3 is 11.9 Å². The summed E-state index contributed by atoms with van der Waals surface area (Å²) >= 11 is 14.6. The van der Waals surface area contributed by atoms with Crippen LogP contribution in [0.2, 0.25) is 10.0 Å². The zero-order chi connectivity index (χ0) is 91.8. The van der Waals surface area contributed by atoms with Crippen LogP contribution in [0.4, 0.5) is 0 Å². The molecule has 45 heteroatoms. The minimum atomic E-state index is -3.19. The summed E-state index contributed by atoms with van der Waals surface area (Å²) in [6, 6.07) is 0.392. The van der Waals surface area contributed by atoms with Crippen molar-refractivity contribution in [1.29, 1.82) is 0 Å². The summed E-state index contributed by atoms with van der Waals surface area (Å²) in [6.45, 7) is 0.430. The van der Waals surface area contributed by atoms with Crippen molar-refractivity contribution in [3.63, 3.8) is 0 Å². The lowest BCUT2D eigenvalue weighted by atomic mass is 9.90. The lowest BCUT2D eigenvalue weighted by molar-refractivity contribution is -0.355. The number of halogens is 2. The third-order valence-electron chi connectivity index (χ3n) is 22.7. The van der Waals surface area contributed by atoms with Gasteiger partial charge in [-0.2, -0.15) is 0 Å². The Morgan fingerprint density at radius 1 is 0.531 bits per heavy atom. The van der Waals surface area contributed by atoms with Crippen LogP contribution in [-0.4, -0.2) is 253 Å². The van der Waals surface area contributed by atoms with Crippen LogP contribution in [0, 0.1) is 0 Å². The fraction of sp³-hybridized carbons (Fsp3) is 0.373. The van der Waals surface area contributed by atoms with Crippen molar-refractivity contribution in [3.8, 4) is 68.6 Å². The quantitative estimate of drug-likeness (QED) is 0.0543. The molecule has 17 bridgehead atoms. The number of carboxylic acids is 2. The molecule has 678 valence electrons. The van der Waals surface area contributed by atoms with E-state index in [1.165, 1.54) is 30.3 Å². The van der Waals surface area contributed by atoms with Crippen LogP contribution in [0.1, 0.15) is 113 Å². The van der Waals surface area contributed by atoms with Crippen molar-refractivity contribution in [2.45, 2.75) is 179 Å². The Labute approximate surface area is 731 Å². The predicted molar refractivity (Wildman–Crippen MR) is 428 cm³/mol. The molecule has 0 radical (unpaired) electrons. The van der Waals surface area contributed by atoms with Crippen molar-refractivity contribution >= 4 is 82.4 Å². The molecule has 128 heavy (non-hydrogen) atoms. The molecule has 17 rings (SSSR count). The number of amides is 8. The topological polar surface area (TPSA) is 679 Å². The van der Waals surface area contributed by atoms with Crippen molar-refractivity contribution in [1.82, 2.24) is 42.5 Å². The number of carbonyl (C=O) groups excluding carboxylic acids is 8. The number of benzene rings is 7. The lowest BCUT2D eigenvalue weighted by Gasteiger charge is -2.44. The van der Waals surface area contributed by atoms with E-state index in [0.717, 1.165) is 91.9 Å². The fourth-order valence-electron chi connectivity index (χ4n) is 16.3. The number of phenols is 3. The van der Waals surface area contributed by atoms with E-state index >= 15 is 24.0 Å². The van der Waals surface area contributed by atoms with Crippen LogP contribution in [0.15, 0.2) is 115 Å². The maximum absolute atomic E-state index is 17.0. The number of aliphatic hydroxyl groups excluding tert-OH is 9. The van der Waals surface area contributed by atoms with Crippen LogP contribution in [0.5, 0.6) is 57.5 Å². The first kappa shape index (κ1) is 90.6. The number of nitrogens with two attached hydrogens (primary N) is 1. The van der Waals surface area contributed by atoms with Crippen molar-refractivity contribution in [2.75, 3.05) is 13.2 Å². The van der Waals surface area contributed by atoms with E-state index in [1.807, 2.05) is 0 Å². The second-order valence-corrected chi connectivity index (χ2v) is 32.2. The minimum Gasteiger partial charge on any atom is -0.508 e. The van der Waals surface area contributed by atoms with Crippen LogP contribution < -0.4 is 67.2 Å². The summed E-state index contributed by atoms with van der Waals surface area (Å²) in [5.41, 5.74) is 2.05. The fourth-order valence-corrected chi connectivity index (χ4v) is 16.8. The standard InChI is InChI=1S/C83H83Cl2N9O34/c1-3-4-52(101)89-60-65(105)67(107)71(79(117)118)127-81(60)126-70-48-20-33-21-49(70)122-46-12-8-31(18-42(46)85)69(125-80-59(87-27(2)97)64(104)62(102)50(25-95)123-80)61-77(114)93-58(78(115)116)38-23-35(99)24-40-53(38)37-17-30(6-9-39(37)83(40,119)128-82-68(108)66(106)63(103)51(26-96)124-82)55(74(111)94-61)91-76(113)57(33)92-75(112)56-32-15-34(98)22-36(16-32)120-47-19-29(7-10-44(47)100)54(86)73(110)88-43(72(109)90-56)14-28-5-11-45(121-48)41(84)13-28/h5-13,15-24,43,50-51,54-69,71,80-82,95-96,98-100,102-108,119H,3-4,14,25-26,86H2,1-2H3,(H,87,97)(H,88,110)(H,89,101)(H,90,109)(H,91,113)(H,92,112)(H,93,114)(H,94,111)(H,115,116)(H,117,118)/t43-,50-,51-,54-,55-,56+,57-,58+,59-,60-,61+,62-,63-,64-,65-,66+,67+,68+,69-,71+,80+,81-,82-,83?/m1/s1. The molecule has 0 spiro atoms. The van der Waals surface area contributed by atoms with Gasteiger partial charge < -0.3 is 167 Å². The Balaban J connectivity index is 1.01. The summed E-state index contributed by atoms with van der Waals surface area (Å²) in [5.74, 6) is -23.6. The van der Waals surface area contributed by atoms with E-state index in [1.54, 1.807) is 6.92 Å². The van der Waals surface area contributed by atoms with Gasteiger partial charge in [0.15, 0.2) is 47.7 Å². The first-order chi connectivity index (χ1) is 60.8. The molecule has 3 fully saturated rings. The number of rotatable bonds is 14. The van der Waals surface area contributed by atoms with E-state index in [2.05, 4.69) is 42.5 Å². The number of ether oxygens (including phenoxy) is 9. The highest BCUT2D eigenvalue weighted by atomic mass is 35.5. The SMILES string of the molecule is CCCC(=O)N[C@H]1[C@H](Oc2c3cc4cc2Oc2ccc(cc2Cl)[C@@H](O[C@@H]2O[C@H](CO)[C@@H](O)[C@H](O)[C@H]2NC(C)=O)[C@@H]2NC(=O)[C@H](NC(=O)[C@@H]4NC(=O)[C@H]4NC(=O)[C@@H](Cc5ccc(c(Cl)c5)O3)NC(=O)[C@H](N)c3ccc(O)c(c3)Oc3cc(O)cc4c3)c3ccc4c(c3)-c3c(cc(O)cc3C4(O)O[C@H]3O[C@H](CO)[C@@H](O)[C@H](O)[C@@H]3O)[C@@H](C(=O)O)NC2=O)O[C@H](C(=O)O)[C@@H](O)[C@@H]1O. The van der Waals surface area contributed by atoms with Crippen molar-refractivity contribution in [2.24, 2.45) is 5.73 Å². The highest BCUT2D eigenvalue weighted by Crippen LogP contribution is 2.55. The van der Waals surface area contributed by atoms with Crippen LogP contribution in [-0.2, 0) is 83.8 Å². The van der Waals surface area contributed by atoms with E-state index in [9.17, 15) is 101 Å². The molecule has 7 aromatic carbocycles. The molecule has 24 atom stereocenters. The molecule has 25 N–H and O–H groups in total. The predicted octanol–water partition coefficient (Wildman–Crippen LogP) is -1.65. The Morgan fingerprint density at radius 3 is 1.76 bits per heavy atom. The van der Waals surface area contributed by atoms with Gasteiger partial charge in [0, 0.05) is 37.0 Å². The maximum atomic E-state index is 17.0. The molecule has 10 aliphatic rings. The van der Waals surface area contributed by atoms with Crippen LogP contribution >= 0.6 is 23.2 Å². The molecule has 0 aromatic heterocycles. The largest absolute Gasteiger partial charge is 0.508 e. The Hall–Kier alpha value is -12.2. The average molecular weight is 1820 g/mol. The van der Waals surface area contributed by atoms with Crippen molar-refractivity contribution < 1.29 is 167 Å². The summed E-state index contributed by atoms with van der Waals surface area (Å²) < 4.78 is 56.7. The van der Waals surface area contributed by atoms with Crippen LogP contribution in [0.3, 0.4) is 0 Å². The Morgan fingerprint density at radius 2 is 1.12 bits per heavy atom. The number of aliphatic carboxylic acids is 2. The molecule has 9 aliphatic heterocycles. The Kier molecular flexibility index (Phi) is 25.6. The zero-order valence-corrected chi connectivity index (χ0v) is 68.1. The molecule has 43 nitrogen and oxygen atoms in total. The molecule has 7 aromatic rings. The van der Waals surface area contributed by atoms with Gasteiger partial charge in [0.2, 0.25) is 65.1 Å². The summed E-state index contributed by atoms with van der Waals surface area (Å²) in [6.07, 6.45) is -31.0. The maximum Gasteiger partial charge on any atom is 0.335 e. The smallest absolute Gasteiger partial charge is 0.335 e. The van der Waals surface area contributed by atoms with Crippen LogP contribution in [0.25, 0.3) is 11.1 Å². The van der Waals surface area contributed by atoms with Gasteiger partial charge in [-0.3, -0.25) is 38.4 Å². The van der Waals surface area contributed by atoms with Gasteiger partial charge in [-0.15, -0.1) is 0 Å². The molecule has 1 unspecified atom stereocenters. The zero-order valence-electron chi connectivity index (χ0n) is 66.6. The number of nitrogens with one attached hydrogen (secondary N) is 8. The third kappa shape index (κ3) is 17.5. The number of carboxylic acid groups (broad SMARTS) is 2. The summed E-state index contributed by atoms with van der Waals surface area (Å²) in [4.78, 5) is 151. The average Bonchev–Trinajstić information content (AvgIpc) is 1.55. The second kappa shape index (κ2) is 36.1. The molecule has 8 amide bonds. The van der Waals surface area contributed by atoms with E-state index in [4.69, 9.17) is 71.6 Å². The first-order valence-electron chi connectivity index (χ1n) is 39.6. The number of aliphatic hydroxyl groups is 10. The van der Waals surface area contributed by atoms with Gasteiger partial charge in [0.05, 0.1) is 23.3 Å². The molecular weight excluding hydrogens is 1740 g/mol. The molecule has 9 heterocycles. The number of carbonyl (C=O) groups is 10. The minimum absolute atomic E-state index is 0.0121. The normalized spacial score (nSPS) is 30.8. The highest BCUT2D eigenvalue weighted by molar-refractivity contribution is 6.32.